The topological polar surface area (TPSA) is 37.3 Å². The molecule has 4 aliphatic carbocycles. The van der Waals surface area contributed by atoms with Crippen LogP contribution in [0, 0.1) is 34.5 Å². The summed E-state index contributed by atoms with van der Waals surface area (Å²) in [6.07, 6.45) is 12.1. The second kappa shape index (κ2) is 4.44. The SMILES string of the molecule is CC12CCC3C(CCC4CC=CCC43C)C1C[C@@H](O)C2=O. The molecule has 6 unspecified atom stereocenters. The Morgan fingerprint density at radius 2 is 1.95 bits per heavy atom. The largest absolute Gasteiger partial charge is 0.385 e. The Morgan fingerprint density at radius 3 is 2.76 bits per heavy atom. The Labute approximate surface area is 128 Å². The zero-order chi connectivity index (χ0) is 14.8. The van der Waals surface area contributed by atoms with Gasteiger partial charge in [0.1, 0.15) is 6.10 Å². The normalized spacial score (nSPS) is 55.8. The van der Waals surface area contributed by atoms with Crippen molar-refractivity contribution in [2.45, 2.75) is 64.9 Å². The molecule has 0 spiro atoms. The number of rotatable bonds is 0. The molecule has 2 nitrogen and oxygen atoms in total. The number of hydrogen-bond acceptors (Lipinski definition) is 2. The minimum atomic E-state index is -0.685. The molecule has 3 fully saturated rings. The lowest BCUT2D eigenvalue weighted by Gasteiger charge is -2.58. The van der Waals surface area contributed by atoms with Gasteiger partial charge in [-0.05, 0) is 74.0 Å². The number of hydrogen-bond donors (Lipinski definition) is 1. The number of allylic oxidation sites excluding steroid dienone is 2. The quantitative estimate of drug-likeness (QED) is 0.690. The summed E-state index contributed by atoms with van der Waals surface area (Å²) >= 11 is 0. The van der Waals surface area contributed by atoms with Gasteiger partial charge in [0.05, 0.1) is 0 Å². The van der Waals surface area contributed by atoms with Gasteiger partial charge in [-0.2, -0.15) is 0 Å². The van der Waals surface area contributed by atoms with E-state index in [2.05, 4.69) is 26.0 Å². The first-order valence-electron chi connectivity index (χ1n) is 8.84. The minimum absolute atomic E-state index is 0.141. The summed E-state index contributed by atoms with van der Waals surface area (Å²) < 4.78 is 0. The van der Waals surface area contributed by atoms with Crippen LogP contribution < -0.4 is 0 Å². The van der Waals surface area contributed by atoms with E-state index in [0.717, 1.165) is 24.7 Å². The Morgan fingerprint density at radius 1 is 1.14 bits per heavy atom. The van der Waals surface area contributed by atoms with Crippen molar-refractivity contribution in [3.05, 3.63) is 12.2 Å². The maximum Gasteiger partial charge on any atom is 0.167 e. The van der Waals surface area contributed by atoms with Gasteiger partial charge < -0.3 is 5.11 Å². The van der Waals surface area contributed by atoms with Gasteiger partial charge in [-0.1, -0.05) is 26.0 Å². The van der Waals surface area contributed by atoms with Crippen molar-refractivity contribution in [3.63, 3.8) is 0 Å². The van der Waals surface area contributed by atoms with Gasteiger partial charge in [-0.25, -0.2) is 0 Å². The number of aliphatic hydroxyl groups is 1. The van der Waals surface area contributed by atoms with E-state index in [1.165, 1.54) is 32.1 Å². The average molecular weight is 288 g/mol. The fourth-order valence-electron chi connectivity index (χ4n) is 6.63. The molecule has 0 aliphatic heterocycles. The molecule has 3 saturated carbocycles. The number of fused-ring (bicyclic) bond motifs is 5. The predicted octanol–water partition coefficient (Wildman–Crippen LogP) is 3.74. The number of ketones is 1. The van der Waals surface area contributed by atoms with Crippen molar-refractivity contribution >= 4 is 5.78 Å². The third kappa shape index (κ3) is 1.72. The molecule has 116 valence electrons. The molecule has 0 saturated heterocycles. The number of carbonyl (C=O) groups is 1. The predicted molar refractivity (Wildman–Crippen MR) is 82.6 cm³/mol. The highest BCUT2D eigenvalue weighted by atomic mass is 16.3. The van der Waals surface area contributed by atoms with Crippen LogP contribution in [0.5, 0.6) is 0 Å². The van der Waals surface area contributed by atoms with Crippen LogP contribution in [0.25, 0.3) is 0 Å². The summed E-state index contributed by atoms with van der Waals surface area (Å²) in [6.45, 7) is 4.65. The van der Waals surface area contributed by atoms with E-state index in [4.69, 9.17) is 0 Å². The molecule has 2 heteroatoms. The molecule has 0 aromatic rings. The van der Waals surface area contributed by atoms with Crippen LogP contribution in [-0.4, -0.2) is 17.0 Å². The van der Waals surface area contributed by atoms with Crippen LogP contribution in [0.3, 0.4) is 0 Å². The van der Waals surface area contributed by atoms with Gasteiger partial charge in [0.25, 0.3) is 0 Å². The second-order valence-electron chi connectivity index (χ2n) is 8.64. The van der Waals surface area contributed by atoms with E-state index in [-0.39, 0.29) is 11.2 Å². The maximum absolute atomic E-state index is 12.4. The maximum atomic E-state index is 12.4. The molecule has 4 aliphatic rings. The van der Waals surface area contributed by atoms with Crippen molar-refractivity contribution in [2.24, 2.45) is 34.5 Å². The average Bonchev–Trinajstić information content (AvgIpc) is 2.70. The molecular weight excluding hydrogens is 260 g/mol. The van der Waals surface area contributed by atoms with E-state index in [9.17, 15) is 9.90 Å². The van der Waals surface area contributed by atoms with E-state index < -0.39 is 6.10 Å². The minimum Gasteiger partial charge on any atom is -0.385 e. The van der Waals surface area contributed by atoms with Crippen molar-refractivity contribution < 1.29 is 9.90 Å². The zero-order valence-corrected chi connectivity index (χ0v) is 13.3. The summed E-state index contributed by atoms with van der Waals surface area (Å²) in [6, 6.07) is 0. The molecule has 0 aromatic heterocycles. The molecule has 0 amide bonds. The van der Waals surface area contributed by atoms with Crippen molar-refractivity contribution in [2.75, 3.05) is 0 Å². The summed E-state index contributed by atoms with van der Waals surface area (Å²) in [5.74, 6) is 2.84. The first-order chi connectivity index (χ1) is 9.97. The monoisotopic (exact) mass is 288 g/mol. The fourth-order valence-corrected chi connectivity index (χ4v) is 6.63. The molecular formula is C19H28O2. The highest BCUT2D eigenvalue weighted by Crippen LogP contribution is 2.64. The van der Waals surface area contributed by atoms with Gasteiger partial charge >= 0.3 is 0 Å². The molecule has 0 bridgehead atoms. The van der Waals surface area contributed by atoms with Gasteiger partial charge in [-0.3, -0.25) is 4.79 Å². The van der Waals surface area contributed by atoms with Crippen molar-refractivity contribution in [3.8, 4) is 0 Å². The fraction of sp³-hybridized carbons (Fsp3) is 0.842. The van der Waals surface area contributed by atoms with Crippen LogP contribution in [0.2, 0.25) is 0 Å². The van der Waals surface area contributed by atoms with E-state index in [1.54, 1.807) is 0 Å². The van der Waals surface area contributed by atoms with Crippen molar-refractivity contribution in [1.29, 1.82) is 0 Å². The molecule has 1 N–H and O–H groups in total. The van der Waals surface area contributed by atoms with Crippen LogP contribution in [0.15, 0.2) is 12.2 Å². The molecule has 7 atom stereocenters. The van der Waals surface area contributed by atoms with Crippen molar-refractivity contribution in [1.82, 2.24) is 0 Å². The lowest BCUT2D eigenvalue weighted by Crippen LogP contribution is -2.52. The summed E-state index contributed by atoms with van der Waals surface area (Å²) in [5.41, 5.74) is 0.212. The molecule has 4 rings (SSSR count). The Balaban J connectivity index is 1.68. The molecule has 21 heavy (non-hydrogen) atoms. The van der Waals surface area contributed by atoms with Gasteiger partial charge in [0.2, 0.25) is 0 Å². The summed E-state index contributed by atoms with van der Waals surface area (Å²) in [4.78, 5) is 12.4. The van der Waals surface area contributed by atoms with E-state index in [1.807, 2.05) is 0 Å². The first-order valence-corrected chi connectivity index (χ1v) is 8.84. The van der Waals surface area contributed by atoms with Crippen LogP contribution in [0.4, 0.5) is 0 Å². The number of Topliss-reactive ketones (excluding diaryl/α,β-unsaturated/α-hetero) is 1. The zero-order valence-electron chi connectivity index (χ0n) is 13.3. The highest BCUT2D eigenvalue weighted by Gasteiger charge is 2.61. The summed E-state index contributed by atoms with van der Waals surface area (Å²) in [7, 11) is 0. The van der Waals surface area contributed by atoms with Gasteiger partial charge in [0, 0.05) is 5.41 Å². The number of aliphatic hydroxyl groups excluding tert-OH is 1. The van der Waals surface area contributed by atoms with Crippen LogP contribution >= 0.6 is 0 Å². The molecule has 0 radical (unpaired) electrons. The first kappa shape index (κ1) is 14.0. The smallest absolute Gasteiger partial charge is 0.167 e. The van der Waals surface area contributed by atoms with Gasteiger partial charge in [-0.15, -0.1) is 0 Å². The summed E-state index contributed by atoms with van der Waals surface area (Å²) in [5, 5.41) is 10.1. The molecule has 0 aromatic carbocycles. The van der Waals surface area contributed by atoms with Gasteiger partial charge in [0.15, 0.2) is 5.78 Å². The Bertz CT molecular complexity index is 496. The number of carbonyl (C=O) groups excluding carboxylic acids is 1. The highest BCUT2D eigenvalue weighted by molar-refractivity contribution is 5.91. The Hall–Kier alpha value is -0.630. The molecule has 0 heterocycles. The Kier molecular flexibility index (Phi) is 2.96. The van der Waals surface area contributed by atoms with E-state index >= 15 is 0 Å². The van der Waals surface area contributed by atoms with Crippen LogP contribution in [-0.2, 0) is 4.79 Å². The lowest BCUT2D eigenvalue weighted by molar-refractivity contribution is -0.139. The van der Waals surface area contributed by atoms with Crippen LogP contribution in [0.1, 0.15) is 58.8 Å². The third-order valence-corrected chi connectivity index (χ3v) is 7.94. The lowest BCUT2D eigenvalue weighted by atomic mass is 9.46. The third-order valence-electron chi connectivity index (χ3n) is 7.94. The van der Waals surface area contributed by atoms with E-state index in [0.29, 0.717) is 17.3 Å². The standard InChI is InChI=1S/C19H28O2/c1-18-9-4-3-5-12(18)6-7-13-14(18)8-10-19(2)15(13)11-16(20)17(19)21/h3-4,12-16,20H,5-11H2,1-2H3/t12?,13?,14?,15?,16-,18?,19?/m1/s1. The second-order valence-corrected chi connectivity index (χ2v) is 8.64.